The van der Waals surface area contributed by atoms with Gasteiger partial charge in [0.1, 0.15) is 0 Å². The van der Waals surface area contributed by atoms with Crippen molar-refractivity contribution in [3.63, 3.8) is 0 Å². The fourth-order valence-corrected chi connectivity index (χ4v) is 3.50. The molecule has 3 heteroatoms. The van der Waals surface area contributed by atoms with Crippen LogP contribution < -0.4 is 0 Å². The Balaban J connectivity index is 1.46. The van der Waals surface area contributed by atoms with Crippen LogP contribution in [0.15, 0.2) is 54.6 Å². The smallest absolute Gasteiger partial charge is 0.293 e. The van der Waals surface area contributed by atoms with Crippen molar-refractivity contribution in [2.45, 2.75) is 77.0 Å². The van der Waals surface area contributed by atoms with Gasteiger partial charge >= 0.3 is 5.97 Å². The molecule has 1 radical (unpaired) electrons. The first-order valence-electron chi connectivity index (χ1n) is 11.6. The van der Waals surface area contributed by atoms with E-state index in [9.17, 15) is 4.79 Å². The Bertz CT molecular complexity index is 679. The van der Waals surface area contributed by atoms with Gasteiger partial charge in [-0.05, 0) is 29.7 Å². The van der Waals surface area contributed by atoms with Crippen LogP contribution in [0.1, 0.15) is 87.4 Å². The third kappa shape index (κ3) is 10.1. The van der Waals surface area contributed by atoms with Crippen LogP contribution in [0.4, 0.5) is 0 Å². The first-order chi connectivity index (χ1) is 14.8. The van der Waals surface area contributed by atoms with Gasteiger partial charge < -0.3 is 0 Å². The van der Waals surface area contributed by atoms with E-state index in [1.165, 1.54) is 57.8 Å². The molecule has 0 bridgehead atoms. The predicted octanol–water partition coefficient (Wildman–Crippen LogP) is 7.96. The minimum absolute atomic E-state index is 0.440. The third-order valence-corrected chi connectivity index (χ3v) is 5.34. The minimum atomic E-state index is -0.440. The van der Waals surface area contributed by atoms with Crippen molar-refractivity contribution in [1.82, 2.24) is 0 Å². The highest BCUT2D eigenvalue weighted by Gasteiger charge is 2.08. The quantitative estimate of drug-likeness (QED) is 0.160. The molecule has 0 atom stereocenters. The standard InChI is InChI=1S/C27H37O3/c1-2-3-4-5-6-7-8-9-10-11-12-16-23-29-30-27(28)26-21-19-25(20-22-26)24-17-14-13-15-18-24/h13-15,17-22H,1-12,16,23H2. The van der Waals surface area contributed by atoms with E-state index < -0.39 is 5.97 Å². The molecule has 163 valence electrons. The second-order valence-electron chi connectivity index (χ2n) is 7.88. The Morgan fingerprint density at radius 2 is 1.13 bits per heavy atom. The van der Waals surface area contributed by atoms with Crippen LogP contribution in [-0.4, -0.2) is 12.6 Å². The molecule has 2 rings (SSSR count). The fraction of sp³-hybridized carbons (Fsp3) is 0.481. The lowest BCUT2D eigenvalue weighted by molar-refractivity contribution is -0.241. The van der Waals surface area contributed by atoms with Crippen molar-refractivity contribution in [3.05, 3.63) is 67.1 Å². The summed E-state index contributed by atoms with van der Waals surface area (Å²) in [5.41, 5.74) is 2.70. The summed E-state index contributed by atoms with van der Waals surface area (Å²) < 4.78 is 0. The van der Waals surface area contributed by atoms with E-state index in [1.807, 2.05) is 42.5 Å². The van der Waals surface area contributed by atoms with Crippen LogP contribution in [0.3, 0.4) is 0 Å². The van der Waals surface area contributed by atoms with Crippen molar-refractivity contribution >= 4 is 5.97 Å². The second kappa shape index (κ2) is 15.7. The molecule has 0 aliphatic rings. The van der Waals surface area contributed by atoms with E-state index in [2.05, 4.69) is 6.92 Å². The maximum atomic E-state index is 12.1. The molecular formula is C27H37O3. The zero-order valence-corrected chi connectivity index (χ0v) is 18.3. The lowest BCUT2D eigenvalue weighted by atomic mass is 10.0. The topological polar surface area (TPSA) is 35.5 Å². The van der Waals surface area contributed by atoms with Gasteiger partial charge in [0.15, 0.2) is 0 Å². The highest BCUT2D eigenvalue weighted by atomic mass is 17.2. The summed E-state index contributed by atoms with van der Waals surface area (Å²) in [6.07, 6.45) is 15.0. The monoisotopic (exact) mass is 409 g/mol. The minimum Gasteiger partial charge on any atom is -0.293 e. The molecule has 0 fully saturated rings. The molecule has 0 spiro atoms. The van der Waals surface area contributed by atoms with Crippen molar-refractivity contribution in [2.24, 2.45) is 0 Å². The van der Waals surface area contributed by atoms with Crippen LogP contribution in [0.5, 0.6) is 0 Å². The van der Waals surface area contributed by atoms with Crippen molar-refractivity contribution in [1.29, 1.82) is 0 Å². The number of carbonyl (C=O) groups is 1. The van der Waals surface area contributed by atoms with Gasteiger partial charge in [0, 0.05) is 0 Å². The molecule has 3 nitrogen and oxygen atoms in total. The van der Waals surface area contributed by atoms with Crippen LogP contribution >= 0.6 is 0 Å². The molecule has 0 N–H and O–H groups in total. The van der Waals surface area contributed by atoms with E-state index in [0.717, 1.165) is 30.4 Å². The van der Waals surface area contributed by atoms with Crippen LogP contribution in [-0.2, 0) is 9.78 Å². The summed E-state index contributed by atoms with van der Waals surface area (Å²) in [6, 6.07) is 17.5. The van der Waals surface area contributed by atoms with Crippen LogP contribution in [0, 0.1) is 6.92 Å². The molecule has 0 saturated carbocycles. The summed E-state index contributed by atoms with van der Waals surface area (Å²) >= 11 is 0. The molecule has 0 saturated heterocycles. The number of benzene rings is 2. The van der Waals surface area contributed by atoms with Gasteiger partial charge in [-0.3, -0.25) is 4.89 Å². The number of hydrogen-bond donors (Lipinski definition) is 0. The van der Waals surface area contributed by atoms with Crippen LogP contribution in [0.2, 0.25) is 0 Å². The molecule has 0 aliphatic heterocycles. The Labute approximate surface area is 182 Å². The summed E-state index contributed by atoms with van der Waals surface area (Å²) in [5.74, 6) is -0.440. The van der Waals surface area contributed by atoms with E-state index >= 15 is 0 Å². The van der Waals surface area contributed by atoms with Crippen molar-refractivity contribution in [3.8, 4) is 11.1 Å². The third-order valence-electron chi connectivity index (χ3n) is 5.34. The molecular weight excluding hydrogens is 372 g/mol. The molecule has 2 aromatic carbocycles. The number of carbonyl (C=O) groups excluding carboxylic acids is 1. The van der Waals surface area contributed by atoms with Crippen molar-refractivity contribution in [2.75, 3.05) is 6.61 Å². The first-order valence-corrected chi connectivity index (χ1v) is 11.6. The molecule has 0 heterocycles. The Morgan fingerprint density at radius 1 is 0.633 bits per heavy atom. The number of hydrogen-bond acceptors (Lipinski definition) is 3. The first kappa shape index (κ1) is 24.1. The summed E-state index contributed by atoms with van der Waals surface area (Å²) in [5, 5.41) is 0. The highest BCUT2D eigenvalue weighted by Crippen LogP contribution is 2.19. The molecule has 0 aliphatic carbocycles. The molecule has 30 heavy (non-hydrogen) atoms. The average molecular weight is 410 g/mol. The Hall–Kier alpha value is -2.13. The van der Waals surface area contributed by atoms with Gasteiger partial charge in [0.2, 0.25) is 0 Å². The molecule has 0 amide bonds. The van der Waals surface area contributed by atoms with Gasteiger partial charge in [0.25, 0.3) is 0 Å². The van der Waals surface area contributed by atoms with E-state index in [1.54, 1.807) is 12.1 Å². The van der Waals surface area contributed by atoms with Gasteiger partial charge in [-0.2, -0.15) is 4.89 Å². The summed E-state index contributed by atoms with van der Waals surface area (Å²) in [6.45, 7) is 4.34. The second-order valence-corrected chi connectivity index (χ2v) is 7.88. The van der Waals surface area contributed by atoms with Gasteiger partial charge in [-0.25, -0.2) is 4.79 Å². The maximum absolute atomic E-state index is 12.1. The number of rotatable bonds is 16. The largest absolute Gasteiger partial charge is 0.373 e. The SMILES string of the molecule is [CH2]CCCCCCCCCCCCCOOC(=O)c1ccc(-c2ccccc2)cc1. The van der Waals surface area contributed by atoms with Gasteiger partial charge in [-0.15, -0.1) is 0 Å². The van der Waals surface area contributed by atoms with Crippen molar-refractivity contribution < 1.29 is 14.6 Å². The highest BCUT2D eigenvalue weighted by molar-refractivity contribution is 5.89. The lowest BCUT2D eigenvalue weighted by Crippen LogP contribution is -2.07. The zero-order chi connectivity index (χ0) is 21.3. The summed E-state index contributed by atoms with van der Waals surface area (Å²) in [7, 11) is 0. The van der Waals surface area contributed by atoms with E-state index in [-0.39, 0.29) is 0 Å². The Kier molecular flexibility index (Phi) is 12.6. The molecule has 0 aromatic heterocycles. The van der Waals surface area contributed by atoms with E-state index in [4.69, 9.17) is 9.78 Å². The van der Waals surface area contributed by atoms with Crippen LogP contribution in [0.25, 0.3) is 11.1 Å². The van der Waals surface area contributed by atoms with Gasteiger partial charge in [0.05, 0.1) is 12.2 Å². The maximum Gasteiger partial charge on any atom is 0.373 e. The predicted molar refractivity (Wildman–Crippen MR) is 124 cm³/mol. The average Bonchev–Trinajstić information content (AvgIpc) is 2.80. The lowest BCUT2D eigenvalue weighted by Gasteiger charge is -2.06. The molecule has 2 aromatic rings. The zero-order valence-electron chi connectivity index (χ0n) is 18.3. The normalized spacial score (nSPS) is 10.8. The van der Waals surface area contributed by atoms with E-state index in [0.29, 0.717) is 12.2 Å². The summed E-state index contributed by atoms with van der Waals surface area (Å²) in [4.78, 5) is 22.1. The fourth-order valence-electron chi connectivity index (χ4n) is 3.50. The number of unbranched alkanes of at least 4 members (excludes halogenated alkanes) is 11. The van der Waals surface area contributed by atoms with Gasteiger partial charge in [-0.1, -0.05) is 120 Å². The Morgan fingerprint density at radius 3 is 1.70 bits per heavy atom. The molecule has 0 unspecified atom stereocenters.